The second-order valence-corrected chi connectivity index (χ2v) is 7.84. The number of hydrogen-bond acceptors (Lipinski definition) is 1. The first-order valence-electron chi connectivity index (χ1n) is 14.1. The molecule has 0 spiro atoms. The van der Waals surface area contributed by atoms with Crippen molar-refractivity contribution >= 4 is 0 Å². The number of rotatable bonds is 12. The summed E-state index contributed by atoms with van der Waals surface area (Å²) in [6, 6.07) is 0. The standard InChI is InChI=1S/2C6H14.2C5H12.C4H10.C3H8O/c2*1-3-5-6-4-2;2*1-3-5-4-2;1-3-4-2;1-2-3-4/h2*3-6H2,1-2H3;2*3-5H2,1-2H3;3-4H2,1-2H3;4H,2-3H2,1H3. The Hall–Kier alpha value is -0.0400. The predicted octanol–water partition coefficient (Wildman–Crippen LogP) is 11.8. The Morgan fingerprint density at radius 3 is 0.467 bits per heavy atom. The van der Waals surface area contributed by atoms with Gasteiger partial charge < -0.3 is 5.11 Å². The summed E-state index contributed by atoms with van der Waals surface area (Å²) in [5, 5.41) is 7.88. The fraction of sp³-hybridized carbons (Fsp3) is 1.00. The van der Waals surface area contributed by atoms with E-state index in [1.54, 1.807) is 0 Å². The van der Waals surface area contributed by atoms with Crippen molar-refractivity contribution in [1.82, 2.24) is 0 Å². The fourth-order valence-corrected chi connectivity index (χ4v) is 1.71. The molecule has 0 aromatic carbocycles. The maximum absolute atomic E-state index is 7.88. The summed E-state index contributed by atoms with van der Waals surface area (Å²) in [5.41, 5.74) is 0. The highest BCUT2D eigenvalue weighted by Crippen LogP contribution is 1.96. The molecule has 1 nitrogen and oxygen atoms in total. The quantitative estimate of drug-likeness (QED) is 0.303. The molecule has 0 aromatic rings. The van der Waals surface area contributed by atoms with Crippen molar-refractivity contribution in [2.75, 3.05) is 6.61 Å². The van der Waals surface area contributed by atoms with Crippen LogP contribution in [0.5, 0.6) is 0 Å². The highest BCUT2D eigenvalue weighted by Gasteiger charge is 1.76. The summed E-state index contributed by atoms with van der Waals surface area (Å²) in [6.45, 7) is 24.4. The molecule has 0 amide bonds. The summed E-state index contributed by atoms with van der Waals surface area (Å²) < 4.78 is 0. The molecule has 0 aromatic heterocycles. The lowest BCUT2D eigenvalue weighted by atomic mass is 10.2. The number of aliphatic hydroxyl groups is 1. The highest BCUT2D eigenvalue weighted by molar-refractivity contribution is 4.32. The summed E-state index contributed by atoms with van der Waals surface area (Å²) in [5.74, 6) is 0. The molecular formula is C29H70O. The predicted molar refractivity (Wildman–Crippen MR) is 148 cm³/mol. The fourth-order valence-electron chi connectivity index (χ4n) is 1.71. The van der Waals surface area contributed by atoms with E-state index in [-0.39, 0.29) is 0 Å². The lowest BCUT2D eigenvalue weighted by Gasteiger charge is -1.86. The summed E-state index contributed by atoms with van der Waals surface area (Å²) >= 11 is 0. The number of unbranched alkanes of at least 4 members (excludes halogenated alkanes) is 11. The largest absolute Gasteiger partial charge is 0.396 e. The molecule has 0 heterocycles. The van der Waals surface area contributed by atoms with Crippen LogP contribution in [0.1, 0.15) is 185 Å². The van der Waals surface area contributed by atoms with Gasteiger partial charge in [0.15, 0.2) is 0 Å². The molecule has 1 N–H and O–H groups in total. The SMILES string of the molecule is CCCC.CCCCC.CCCCC.CCCCCC.CCCCCC.CCCO. The third-order valence-corrected chi connectivity index (χ3v) is 4.05. The van der Waals surface area contributed by atoms with Crippen LogP contribution in [0.4, 0.5) is 0 Å². The Morgan fingerprint density at radius 2 is 0.433 bits per heavy atom. The van der Waals surface area contributed by atoms with Crippen LogP contribution in [-0.2, 0) is 0 Å². The van der Waals surface area contributed by atoms with Crippen LogP contribution < -0.4 is 0 Å². The molecule has 0 radical (unpaired) electrons. The van der Waals surface area contributed by atoms with Crippen LogP contribution in [0.15, 0.2) is 0 Å². The average Bonchev–Trinajstić information content (AvgIpc) is 2.79. The monoisotopic (exact) mass is 435 g/mol. The van der Waals surface area contributed by atoms with Crippen molar-refractivity contribution in [3.05, 3.63) is 0 Å². The molecule has 0 bridgehead atoms. The van der Waals surface area contributed by atoms with E-state index >= 15 is 0 Å². The zero-order chi connectivity index (χ0) is 24.7. The van der Waals surface area contributed by atoms with Crippen molar-refractivity contribution in [3.8, 4) is 0 Å². The van der Waals surface area contributed by atoms with Crippen molar-refractivity contribution in [1.29, 1.82) is 0 Å². The summed E-state index contributed by atoms with van der Waals surface area (Å²) in [6.07, 6.45) is 22.7. The molecule has 0 aliphatic rings. The molecule has 0 aliphatic carbocycles. The van der Waals surface area contributed by atoms with Crippen LogP contribution in [0.25, 0.3) is 0 Å². The Balaban J connectivity index is -0.0000000580. The van der Waals surface area contributed by atoms with Gasteiger partial charge in [-0.3, -0.25) is 0 Å². The first kappa shape index (κ1) is 43.8. The maximum atomic E-state index is 7.88. The lowest BCUT2D eigenvalue weighted by Crippen LogP contribution is -1.69. The van der Waals surface area contributed by atoms with Gasteiger partial charge in [0.2, 0.25) is 0 Å². The van der Waals surface area contributed by atoms with Crippen molar-refractivity contribution in [3.63, 3.8) is 0 Å². The summed E-state index contributed by atoms with van der Waals surface area (Å²) in [4.78, 5) is 0. The maximum Gasteiger partial charge on any atom is 0.0428 e. The molecule has 0 atom stereocenters. The number of aliphatic hydroxyl groups excluding tert-OH is 1. The van der Waals surface area contributed by atoms with Crippen molar-refractivity contribution in [2.24, 2.45) is 0 Å². The normalized spacial score (nSPS) is 8.40. The van der Waals surface area contributed by atoms with Crippen LogP contribution in [-0.4, -0.2) is 11.7 Å². The Labute approximate surface area is 197 Å². The second-order valence-electron chi connectivity index (χ2n) is 7.84. The van der Waals surface area contributed by atoms with Crippen molar-refractivity contribution < 1.29 is 5.11 Å². The minimum atomic E-state index is 0.319. The zero-order valence-electron chi connectivity index (χ0n) is 24.2. The molecular weight excluding hydrogens is 364 g/mol. The smallest absolute Gasteiger partial charge is 0.0428 e. The second kappa shape index (κ2) is 70.2. The van der Waals surface area contributed by atoms with E-state index in [1.807, 2.05) is 6.92 Å². The van der Waals surface area contributed by atoms with Gasteiger partial charge >= 0.3 is 0 Å². The number of hydrogen-bond donors (Lipinski definition) is 1. The molecule has 1 heteroatoms. The lowest BCUT2D eigenvalue weighted by molar-refractivity contribution is 0.295. The van der Waals surface area contributed by atoms with Crippen LogP contribution in [0, 0.1) is 0 Å². The molecule has 30 heavy (non-hydrogen) atoms. The summed E-state index contributed by atoms with van der Waals surface area (Å²) in [7, 11) is 0. The Morgan fingerprint density at radius 1 is 0.267 bits per heavy atom. The van der Waals surface area contributed by atoms with E-state index in [1.165, 1.54) is 103 Å². The van der Waals surface area contributed by atoms with Crippen LogP contribution >= 0.6 is 0 Å². The third kappa shape index (κ3) is 142. The molecule has 0 saturated carbocycles. The van der Waals surface area contributed by atoms with Gasteiger partial charge in [-0.15, -0.1) is 0 Å². The zero-order valence-corrected chi connectivity index (χ0v) is 24.2. The minimum Gasteiger partial charge on any atom is -0.396 e. The Kier molecular flexibility index (Phi) is 102. The van der Waals surface area contributed by atoms with Crippen molar-refractivity contribution in [2.45, 2.75) is 185 Å². The van der Waals surface area contributed by atoms with Gasteiger partial charge in [-0.1, -0.05) is 179 Å². The van der Waals surface area contributed by atoms with Gasteiger partial charge in [0.1, 0.15) is 0 Å². The third-order valence-electron chi connectivity index (χ3n) is 4.05. The van der Waals surface area contributed by atoms with Gasteiger partial charge in [-0.25, -0.2) is 0 Å². The molecule has 0 aliphatic heterocycles. The Bertz CT molecular complexity index is 122. The van der Waals surface area contributed by atoms with Crippen LogP contribution in [0.2, 0.25) is 0 Å². The van der Waals surface area contributed by atoms with E-state index in [0.29, 0.717) is 6.61 Å². The first-order valence-corrected chi connectivity index (χ1v) is 14.1. The average molecular weight is 435 g/mol. The van der Waals surface area contributed by atoms with Gasteiger partial charge in [0.05, 0.1) is 0 Å². The molecule has 0 fully saturated rings. The van der Waals surface area contributed by atoms with E-state index in [0.717, 1.165) is 6.42 Å². The van der Waals surface area contributed by atoms with E-state index in [9.17, 15) is 0 Å². The van der Waals surface area contributed by atoms with Gasteiger partial charge in [-0.2, -0.15) is 0 Å². The minimum absolute atomic E-state index is 0.319. The molecule has 192 valence electrons. The van der Waals surface area contributed by atoms with E-state index in [4.69, 9.17) is 5.11 Å². The van der Waals surface area contributed by atoms with Gasteiger partial charge in [0.25, 0.3) is 0 Å². The van der Waals surface area contributed by atoms with E-state index in [2.05, 4.69) is 69.2 Å². The van der Waals surface area contributed by atoms with Gasteiger partial charge in [-0.05, 0) is 6.42 Å². The molecule has 0 rings (SSSR count). The van der Waals surface area contributed by atoms with Gasteiger partial charge in [0, 0.05) is 6.61 Å². The van der Waals surface area contributed by atoms with E-state index < -0.39 is 0 Å². The highest BCUT2D eigenvalue weighted by atomic mass is 16.2. The first-order chi connectivity index (χ1) is 14.5. The molecule has 0 saturated heterocycles. The molecule has 0 unspecified atom stereocenters. The van der Waals surface area contributed by atoms with Crippen LogP contribution in [0.3, 0.4) is 0 Å². The topological polar surface area (TPSA) is 20.2 Å².